The van der Waals surface area contributed by atoms with Gasteiger partial charge in [0.2, 0.25) is 10.0 Å². The molecule has 4 nitrogen and oxygen atoms in total. The van der Waals surface area contributed by atoms with Gasteiger partial charge in [-0.1, -0.05) is 36.4 Å². The van der Waals surface area contributed by atoms with Crippen LogP contribution in [0.25, 0.3) is 0 Å². The number of aliphatic hydroxyl groups is 1. The van der Waals surface area contributed by atoms with Crippen molar-refractivity contribution < 1.29 is 13.5 Å². The lowest BCUT2D eigenvalue weighted by molar-refractivity contribution is 0.259. The number of sulfonamides is 1. The van der Waals surface area contributed by atoms with Gasteiger partial charge < -0.3 is 5.11 Å². The van der Waals surface area contributed by atoms with E-state index in [1.165, 1.54) is 0 Å². The number of aliphatic hydroxyl groups excluding tert-OH is 1. The SMILES string of the molecule is Cc1ccc(S(=O)(=O)N[C@@H](CO)c2ccccc2)c(Br)c1. The topological polar surface area (TPSA) is 66.4 Å². The van der Waals surface area contributed by atoms with Gasteiger partial charge in [0.25, 0.3) is 0 Å². The van der Waals surface area contributed by atoms with Crippen LogP contribution in [0.4, 0.5) is 0 Å². The molecule has 112 valence electrons. The third-order valence-corrected chi connectivity index (χ3v) is 5.51. The lowest BCUT2D eigenvalue weighted by atomic mass is 10.1. The Morgan fingerprint density at radius 1 is 1.19 bits per heavy atom. The van der Waals surface area contributed by atoms with Crippen molar-refractivity contribution in [1.29, 1.82) is 0 Å². The summed E-state index contributed by atoms with van der Waals surface area (Å²) in [5, 5.41) is 9.46. The zero-order valence-corrected chi connectivity index (χ0v) is 13.9. The van der Waals surface area contributed by atoms with Gasteiger partial charge in [-0.15, -0.1) is 0 Å². The fourth-order valence-electron chi connectivity index (χ4n) is 1.97. The Morgan fingerprint density at radius 2 is 1.86 bits per heavy atom. The monoisotopic (exact) mass is 369 g/mol. The molecule has 2 aromatic rings. The summed E-state index contributed by atoms with van der Waals surface area (Å²) in [5.41, 5.74) is 1.68. The average molecular weight is 370 g/mol. The number of rotatable bonds is 5. The third-order valence-electron chi connectivity index (χ3n) is 3.06. The molecule has 2 rings (SSSR count). The molecular weight excluding hydrogens is 354 g/mol. The van der Waals surface area contributed by atoms with E-state index < -0.39 is 16.1 Å². The van der Waals surface area contributed by atoms with Crippen LogP contribution in [-0.2, 0) is 10.0 Å². The second-order valence-electron chi connectivity index (χ2n) is 4.70. The van der Waals surface area contributed by atoms with Gasteiger partial charge in [0.1, 0.15) is 0 Å². The van der Waals surface area contributed by atoms with Gasteiger partial charge in [0.05, 0.1) is 17.5 Å². The Kier molecular flexibility index (Phi) is 5.16. The summed E-state index contributed by atoms with van der Waals surface area (Å²) in [6.45, 7) is 1.57. The van der Waals surface area contributed by atoms with Crippen LogP contribution >= 0.6 is 15.9 Å². The summed E-state index contributed by atoms with van der Waals surface area (Å²) in [6.07, 6.45) is 0. The van der Waals surface area contributed by atoms with Gasteiger partial charge in [-0.2, -0.15) is 0 Å². The minimum absolute atomic E-state index is 0.155. The molecule has 0 bridgehead atoms. The van der Waals surface area contributed by atoms with E-state index in [1.807, 2.05) is 13.0 Å². The van der Waals surface area contributed by atoms with E-state index >= 15 is 0 Å². The van der Waals surface area contributed by atoms with Crippen LogP contribution in [0, 0.1) is 6.92 Å². The van der Waals surface area contributed by atoms with Crippen LogP contribution in [0.5, 0.6) is 0 Å². The molecule has 0 aliphatic carbocycles. The predicted molar refractivity (Wildman–Crippen MR) is 85.5 cm³/mol. The normalized spacial score (nSPS) is 13.1. The summed E-state index contributed by atoms with van der Waals surface area (Å²) >= 11 is 3.27. The molecule has 0 fully saturated rings. The van der Waals surface area contributed by atoms with E-state index in [-0.39, 0.29) is 11.5 Å². The summed E-state index contributed by atoms with van der Waals surface area (Å²) in [5.74, 6) is 0. The molecule has 0 unspecified atom stereocenters. The molecule has 0 radical (unpaired) electrons. The van der Waals surface area contributed by atoms with Gasteiger partial charge in [0, 0.05) is 4.47 Å². The van der Waals surface area contributed by atoms with E-state index in [4.69, 9.17) is 0 Å². The highest BCUT2D eigenvalue weighted by Gasteiger charge is 2.22. The van der Waals surface area contributed by atoms with Crippen LogP contribution < -0.4 is 4.72 Å². The summed E-state index contributed by atoms with van der Waals surface area (Å²) in [4.78, 5) is 0.155. The van der Waals surface area contributed by atoms with Gasteiger partial charge in [-0.05, 0) is 46.1 Å². The highest BCUT2D eigenvalue weighted by Crippen LogP contribution is 2.24. The van der Waals surface area contributed by atoms with Crippen LogP contribution in [0.2, 0.25) is 0 Å². The van der Waals surface area contributed by atoms with Crippen LogP contribution in [-0.4, -0.2) is 20.1 Å². The van der Waals surface area contributed by atoms with E-state index in [0.29, 0.717) is 10.0 Å². The summed E-state index contributed by atoms with van der Waals surface area (Å²) in [6, 6.07) is 13.3. The standard InChI is InChI=1S/C15H16BrNO3S/c1-11-7-8-15(13(16)9-11)21(19,20)17-14(10-18)12-5-3-2-4-6-12/h2-9,14,17-18H,10H2,1H3/t14-/m0/s1. The molecule has 1 atom stereocenters. The number of hydrogen-bond donors (Lipinski definition) is 2. The van der Waals surface area contributed by atoms with Crippen LogP contribution in [0.3, 0.4) is 0 Å². The summed E-state index contributed by atoms with van der Waals surface area (Å²) < 4.78 is 27.9. The highest BCUT2D eigenvalue weighted by molar-refractivity contribution is 9.10. The molecule has 0 aliphatic heterocycles. The third kappa shape index (κ3) is 3.91. The number of benzene rings is 2. The molecular formula is C15H16BrNO3S. The minimum Gasteiger partial charge on any atom is -0.394 e. The number of nitrogens with one attached hydrogen (secondary N) is 1. The second kappa shape index (κ2) is 6.70. The van der Waals surface area contributed by atoms with Crippen molar-refractivity contribution >= 4 is 26.0 Å². The molecule has 21 heavy (non-hydrogen) atoms. The number of aryl methyl sites for hydroxylation is 1. The Morgan fingerprint density at radius 3 is 2.43 bits per heavy atom. The Labute approximate surface area is 133 Å². The molecule has 0 spiro atoms. The first-order valence-corrected chi connectivity index (χ1v) is 8.66. The zero-order valence-electron chi connectivity index (χ0n) is 11.5. The highest BCUT2D eigenvalue weighted by atomic mass is 79.9. The Hall–Kier alpha value is -1.21. The van der Waals surface area contributed by atoms with Crippen LogP contribution in [0.15, 0.2) is 57.9 Å². The minimum atomic E-state index is -3.72. The lowest BCUT2D eigenvalue weighted by Gasteiger charge is -2.17. The number of halogens is 1. The van der Waals surface area contributed by atoms with Crippen molar-refractivity contribution in [3.63, 3.8) is 0 Å². The summed E-state index contributed by atoms with van der Waals surface area (Å²) in [7, 11) is -3.72. The molecule has 0 amide bonds. The molecule has 0 saturated heterocycles. The maximum atomic E-state index is 12.5. The molecule has 0 aromatic heterocycles. The molecule has 0 aliphatic rings. The molecule has 2 N–H and O–H groups in total. The van der Waals surface area contributed by atoms with Gasteiger partial charge >= 0.3 is 0 Å². The van der Waals surface area contributed by atoms with E-state index in [2.05, 4.69) is 20.7 Å². The quantitative estimate of drug-likeness (QED) is 0.851. The van der Waals surface area contributed by atoms with Crippen molar-refractivity contribution in [3.8, 4) is 0 Å². The first-order valence-electron chi connectivity index (χ1n) is 6.38. The predicted octanol–water partition coefficient (Wildman–Crippen LogP) is 2.77. The molecule has 0 heterocycles. The van der Waals surface area contributed by atoms with Crippen molar-refractivity contribution in [2.75, 3.05) is 6.61 Å². The van der Waals surface area contributed by atoms with E-state index in [0.717, 1.165) is 5.56 Å². The first kappa shape index (κ1) is 16.2. The smallest absolute Gasteiger partial charge is 0.242 e. The van der Waals surface area contributed by atoms with E-state index in [9.17, 15) is 13.5 Å². The zero-order chi connectivity index (χ0) is 15.5. The van der Waals surface area contributed by atoms with Crippen LogP contribution in [0.1, 0.15) is 17.2 Å². The maximum absolute atomic E-state index is 12.5. The first-order chi connectivity index (χ1) is 9.94. The fraction of sp³-hybridized carbons (Fsp3) is 0.200. The Bertz CT molecular complexity index is 717. The number of hydrogen-bond acceptors (Lipinski definition) is 3. The van der Waals surface area contributed by atoms with Crippen molar-refractivity contribution in [1.82, 2.24) is 4.72 Å². The van der Waals surface area contributed by atoms with E-state index in [1.54, 1.807) is 42.5 Å². The maximum Gasteiger partial charge on any atom is 0.242 e. The van der Waals surface area contributed by atoms with Crippen molar-refractivity contribution in [2.45, 2.75) is 17.9 Å². The fourth-order valence-corrected chi connectivity index (χ4v) is 4.38. The molecule has 6 heteroatoms. The van der Waals surface area contributed by atoms with Crippen molar-refractivity contribution in [3.05, 3.63) is 64.1 Å². The molecule has 0 saturated carbocycles. The van der Waals surface area contributed by atoms with Gasteiger partial charge in [-0.25, -0.2) is 13.1 Å². The largest absolute Gasteiger partial charge is 0.394 e. The average Bonchev–Trinajstić information content (AvgIpc) is 2.45. The molecule has 2 aromatic carbocycles. The van der Waals surface area contributed by atoms with Gasteiger partial charge in [-0.3, -0.25) is 0 Å². The lowest BCUT2D eigenvalue weighted by Crippen LogP contribution is -2.31. The van der Waals surface area contributed by atoms with Gasteiger partial charge in [0.15, 0.2) is 0 Å². The second-order valence-corrected chi connectivity index (χ2v) is 7.24. The Balaban J connectivity index is 2.32. The van der Waals surface area contributed by atoms with Crippen molar-refractivity contribution in [2.24, 2.45) is 0 Å².